The Morgan fingerprint density at radius 3 is 2.89 bits per heavy atom. The maximum atomic E-state index is 13.1. The summed E-state index contributed by atoms with van der Waals surface area (Å²) in [7, 11) is 0. The maximum absolute atomic E-state index is 13.1. The molecule has 19 heavy (non-hydrogen) atoms. The highest BCUT2D eigenvalue weighted by Gasteiger charge is 2.26. The second-order valence-electron chi connectivity index (χ2n) is 5.68. The van der Waals surface area contributed by atoms with Gasteiger partial charge in [0, 0.05) is 24.3 Å². The molecule has 1 aliphatic carbocycles. The summed E-state index contributed by atoms with van der Waals surface area (Å²) < 4.78 is 18.9. The maximum Gasteiger partial charge on any atom is 0.136 e. The van der Waals surface area contributed by atoms with Crippen molar-refractivity contribution in [3.8, 4) is 5.75 Å². The topological polar surface area (TPSA) is 26.3 Å². The number of rotatable bonds is 4. The summed E-state index contributed by atoms with van der Waals surface area (Å²) >= 11 is 0. The van der Waals surface area contributed by atoms with Crippen LogP contribution < -0.4 is 4.74 Å². The van der Waals surface area contributed by atoms with E-state index in [1.807, 2.05) is 0 Å². The first-order chi connectivity index (χ1) is 9.22. The Morgan fingerprint density at radius 2 is 2.11 bits per heavy atom. The summed E-state index contributed by atoms with van der Waals surface area (Å²) in [6.45, 7) is 0. The Balaban J connectivity index is 1.51. The highest BCUT2D eigenvalue weighted by Crippen LogP contribution is 2.32. The van der Waals surface area contributed by atoms with E-state index in [2.05, 4.69) is 0 Å². The van der Waals surface area contributed by atoms with Crippen LogP contribution in [0.3, 0.4) is 0 Å². The van der Waals surface area contributed by atoms with Crippen molar-refractivity contribution in [2.45, 2.75) is 51.0 Å². The zero-order valence-electron chi connectivity index (χ0n) is 11.0. The lowest BCUT2D eigenvalue weighted by atomic mass is 9.96. The van der Waals surface area contributed by atoms with E-state index in [1.54, 1.807) is 6.07 Å². The quantitative estimate of drug-likeness (QED) is 0.827. The summed E-state index contributed by atoms with van der Waals surface area (Å²) in [5.74, 6) is 1.24. The van der Waals surface area contributed by atoms with Crippen LogP contribution in [0.1, 0.15) is 44.1 Å². The Hall–Kier alpha value is -1.38. The minimum Gasteiger partial charge on any atom is -0.490 e. The SMILES string of the molecule is O=C(CCC1Cc2cc(F)ccc2O1)C1CCCC1. The van der Waals surface area contributed by atoms with Crippen LogP contribution in [0.2, 0.25) is 0 Å². The number of ether oxygens (including phenoxy) is 1. The van der Waals surface area contributed by atoms with Crippen molar-refractivity contribution in [1.29, 1.82) is 0 Å². The third-order valence-electron chi connectivity index (χ3n) is 4.29. The monoisotopic (exact) mass is 262 g/mol. The van der Waals surface area contributed by atoms with Crippen LogP contribution in [0.4, 0.5) is 4.39 Å². The molecule has 0 amide bonds. The molecule has 1 fully saturated rings. The number of Topliss-reactive ketones (excluding diaryl/α,β-unsaturated/α-hetero) is 1. The number of fused-ring (bicyclic) bond motifs is 1. The van der Waals surface area contributed by atoms with Gasteiger partial charge in [-0.05, 0) is 37.5 Å². The molecule has 1 atom stereocenters. The van der Waals surface area contributed by atoms with E-state index in [9.17, 15) is 9.18 Å². The fourth-order valence-corrected chi connectivity index (χ4v) is 3.21. The number of halogens is 1. The Labute approximate surface area is 113 Å². The number of hydrogen-bond acceptors (Lipinski definition) is 2. The minimum atomic E-state index is -0.218. The predicted molar refractivity (Wildman–Crippen MR) is 70.7 cm³/mol. The van der Waals surface area contributed by atoms with Gasteiger partial charge in [-0.3, -0.25) is 4.79 Å². The Kier molecular flexibility index (Phi) is 3.54. The van der Waals surface area contributed by atoms with E-state index in [4.69, 9.17) is 4.74 Å². The van der Waals surface area contributed by atoms with Crippen LogP contribution >= 0.6 is 0 Å². The average Bonchev–Trinajstić information content (AvgIpc) is 3.04. The molecule has 0 spiro atoms. The van der Waals surface area contributed by atoms with Gasteiger partial charge in [-0.1, -0.05) is 12.8 Å². The van der Waals surface area contributed by atoms with Crippen LogP contribution in [0.5, 0.6) is 5.75 Å². The molecule has 0 aromatic heterocycles. The van der Waals surface area contributed by atoms with Crippen molar-refractivity contribution in [3.05, 3.63) is 29.6 Å². The smallest absolute Gasteiger partial charge is 0.136 e. The fourth-order valence-electron chi connectivity index (χ4n) is 3.21. The summed E-state index contributed by atoms with van der Waals surface area (Å²) in [6.07, 6.45) is 6.65. The lowest BCUT2D eigenvalue weighted by Crippen LogP contribution is -2.18. The Bertz CT molecular complexity index is 478. The molecule has 1 heterocycles. The largest absolute Gasteiger partial charge is 0.490 e. The molecule has 1 unspecified atom stereocenters. The molecule has 1 saturated carbocycles. The van der Waals surface area contributed by atoms with Gasteiger partial charge in [-0.25, -0.2) is 4.39 Å². The summed E-state index contributed by atoms with van der Waals surface area (Å²) in [5.41, 5.74) is 0.929. The second kappa shape index (κ2) is 5.32. The van der Waals surface area contributed by atoms with Crippen molar-refractivity contribution < 1.29 is 13.9 Å². The molecular weight excluding hydrogens is 243 g/mol. The van der Waals surface area contributed by atoms with Gasteiger partial charge in [0.15, 0.2) is 0 Å². The van der Waals surface area contributed by atoms with Crippen LogP contribution in [0.15, 0.2) is 18.2 Å². The van der Waals surface area contributed by atoms with Gasteiger partial charge >= 0.3 is 0 Å². The van der Waals surface area contributed by atoms with E-state index >= 15 is 0 Å². The van der Waals surface area contributed by atoms with Crippen LogP contribution in [-0.4, -0.2) is 11.9 Å². The van der Waals surface area contributed by atoms with Crippen molar-refractivity contribution in [3.63, 3.8) is 0 Å². The van der Waals surface area contributed by atoms with E-state index in [0.717, 1.165) is 37.0 Å². The van der Waals surface area contributed by atoms with E-state index in [-0.39, 0.29) is 11.9 Å². The van der Waals surface area contributed by atoms with Gasteiger partial charge in [0.1, 0.15) is 23.5 Å². The molecular formula is C16H19FO2. The van der Waals surface area contributed by atoms with Crippen molar-refractivity contribution in [1.82, 2.24) is 0 Å². The summed E-state index contributed by atoms with van der Waals surface area (Å²) in [5, 5.41) is 0. The van der Waals surface area contributed by atoms with Crippen LogP contribution in [-0.2, 0) is 11.2 Å². The number of benzene rings is 1. The highest BCUT2D eigenvalue weighted by atomic mass is 19.1. The van der Waals surface area contributed by atoms with Gasteiger partial charge in [0.2, 0.25) is 0 Å². The number of ketones is 1. The molecule has 2 aliphatic rings. The minimum absolute atomic E-state index is 0.0437. The molecule has 0 N–H and O–H groups in total. The zero-order chi connectivity index (χ0) is 13.2. The van der Waals surface area contributed by atoms with Crippen LogP contribution in [0, 0.1) is 11.7 Å². The molecule has 0 bridgehead atoms. The standard InChI is InChI=1S/C16H19FO2/c17-13-5-8-16-12(9-13)10-14(19-16)6-7-15(18)11-3-1-2-4-11/h5,8-9,11,14H,1-4,6-7,10H2. The molecule has 3 rings (SSSR count). The van der Waals surface area contributed by atoms with Crippen LogP contribution in [0.25, 0.3) is 0 Å². The van der Waals surface area contributed by atoms with Gasteiger partial charge in [-0.2, -0.15) is 0 Å². The van der Waals surface area contributed by atoms with Crippen molar-refractivity contribution in [2.24, 2.45) is 5.92 Å². The molecule has 0 radical (unpaired) electrons. The van der Waals surface area contributed by atoms with E-state index in [0.29, 0.717) is 18.1 Å². The molecule has 1 aromatic carbocycles. The normalized spacial score (nSPS) is 22.3. The van der Waals surface area contributed by atoms with Gasteiger partial charge in [-0.15, -0.1) is 0 Å². The van der Waals surface area contributed by atoms with Gasteiger partial charge in [0.05, 0.1) is 0 Å². The fraction of sp³-hybridized carbons (Fsp3) is 0.562. The molecule has 1 aromatic rings. The summed E-state index contributed by atoms with van der Waals surface area (Å²) in [4.78, 5) is 12.0. The second-order valence-corrected chi connectivity index (χ2v) is 5.68. The van der Waals surface area contributed by atoms with E-state index in [1.165, 1.54) is 25.0 Å². The molecule has 2 nitrogen and oxygen atoms in total. The first kappa shape index (κ1) is 12.6. The van der Waals surface area contributed by atoms with Crippen molar-refractivity contribution >= 4 is 5.78 Å². The number of carbonyl (C=O) groups excluding carboxylic acids is 1. The third kappa shape index (κ3) is 2.80. The molecule has 0 saturated heterocycles. The highest BCUT2D eigenvalue weighted by molar-refractivity contribution is 5.81. The lowest BCUT2D eigenvalue weighted by molar-refractivity contribution is -0.123. The van der Waals surface area contributed by atoms with E-state index < -0.39 is 0 Å². The average molecular weight is 262 g/mol. The first-order valence-corrected chi connectivity index (χ1v) is 7.20. The zero-order valence-corrected chi connectivity index (χ0v) is 11.0. The third-order valence-corrected chi connectivity index (χ3v) is 4.29. The van der Waals surface area contributed by atoms with Gasteiger partial charge < -0.3 is 4.74 Å². The molecule has 102 valence electrons. The summed E-state index contributed by atoms with van der Waals surface area (Å²) in [6, 6.07) is 4.64. The van der Waals surface area contributed by atoms with Crippen molar-refractivity contribution in [2.75, 3.05) is 0 Å². The Morgan fingerprint density at radius 1 is 1.32 bits per heavy atom. The van der Waals surface area contributed by atoms with Gasteiger partial charge in [0.25, 0.3) is 0 Å². The number of carbonyl (C=O) groups is 1. The molecule has 1 aliphatic heterocycles. The molecule has 3 heteroatoms. The number of hydrogen-bond donors (Lipinski definition) is 0. The first-order valence-electron chi connectivity index (χ1n) is 7.20. The predicted octanol–water partition coefficient (Wildman–Crippen LogP) is 3.67. The lowest BCUT2D eigenvalue weighted by Gasteiger charge is -2.12.